The lowest BCUT2D eigenvalue weighted by Crippen LogP contribution is -2.37. The summed E-state index contributed by atoms with van der Waals surface area (Å²) in [6.07, 6.45) is 1.45. The monoisotopic (exact) mass is 478 g/mol. The second-order valence-electron chi connectivity index (χ2n) is 7.86. The van der Waals surface area contributed by atoms with E-state index in [9.17, 15) is 14.4 Å². The molecule has 0 fully saturated rings. The maximum absolute atomic E-state index is 12.8. The van der Waals surface area contributed by atoms with Crippen LogP contribution in [-0.4, -0.2) is 38.1 Å². The Balaban J connectivity index is 1.53. The fraction of sp³-hybridized carbons (Fsp3) is 0.292. The summed E-state index contributed by atoms with van der Waals surface area (Å²) in [6.45, 7) is 6.14. The van der Waals surface area contributed by atoms with Gasteiger partial charge < -0.3 is 10.2 Å². The number of aromatic nitrogens is 4. The van der Waals surface area contributed by atoms with Crippen molar-refractivity contribution in [2.45, 2.75) is 20.3 Å². The Bertz CT molecular complexity index is 1470. The van der Waals surface area contributed by atoms with Crippen LogP contribution in [0, 0.1) is 0 Å². The number of carbonyl (C=O) groups is 1. The van der Waals surface area contributed by atoms with E-state index < -0.39 is 11.2 Å². The molecule has 0 radical (unpaired) electrons. The Morgan fingerprint density at radius 3 is 2.44 bits per heavy atom. The molecule has 34 heavy (non-hydrogen) atoms. The number of nitrogens with one attached hydrogen (secondary N) is 1. The molecule has 1 N–H and O–H groups in total. The minimum atomic E-state index is -0.473. The van der Waals surface area contributed by atoms with Gasteiger partial charge in [-0.3, -0.25) is 18.7 Å². The number of anilines is 2. The standard InChI is InChI=1S/C24H26N6O3S/c1-5-30(6-2)17-9-7-15(8-10-17)18-14-34-23(26-18)27-19(31)13-16-11-12-25-21-20(16)22(32)29(4)24(33)28(21)3/h7-12,14H,5-6,13H2,1-4H3,(H,26,27,31). The molecule has 176 valence electrons. The molecule has 0 saturated carbocycles. The maximum Gasteiger partial charge on any atom is 0.332 e. The third-order valence-electron chi connectivity index (χ3n) is 5.82. The Kier molecular flexibility index (Phi) is 6.60. The van der Waals surface area contributed by atoms with Crippen LogP contribution in [0.2, 0.25) is 0 Å². The molecule has 0 spiro atoms. The Hall–Kier alpha value is -3.79. The number of benzene rings is 1. The predicted octanol–water partition coefficient (Wildman–Crippen LogP) is 2.78. The smallest absolute Gasteiger partial charge is 0.332 e. The zero-order valence-corrected chi connectivity index (χ0v) is 20.3. The van der Waals surface area contributed by atoms with Crippen LogP contribution in [0.3, 0.4) is 0 Å². The minimum Gasteiger partial charge on any atom is -0.372 e. The van der Waals surface area contributed by atoms with Gasteiger partial charge in [-0.25, -0.2) is 14.8 Å². The van der Waals surface area contributed by atoms with Crippen LogP contribution in [0.1, 0.15) is 19.4 Å². The lowest BCUT2D eigenvalue weighted by atomic mass is 10.1. The van der Waals surface area contributed by atoms with E-state index in [2.05, 4.69) is 46.2 Å². The number of hydrogen-bond donors (Lipinski definition) is 1. The van der Waals surface area contributed by atoms with Gasteiger partial charge in [0.2, 0.25) is 5.91 Å². The summed E-state index contributed by atoms with van der Waals surface area (Å²) >= 11 is 1.34. The van der Waals surface area contributed by atoms with Crippen molar-refractivity contribution in [1.82, 2.24) is 19.1 Å². The first kappa shape index (κ1) is 23.4. The lowest BCUT2D eigenvalue weighted by Gasteiger charge is -2.20. The molecule has 0 bridgehead atoms. The Morgan fingerprint density at radius 2 is 1.76 bits per heavy atom. The van der Waals surface area contributed by atoms with E-state index in [0.717, 1.165) is 34.6 Å². The molecule has 10 heteroatoms. The zero-order valence-electron chi connectivity index (χ0n) is 19.5. The topological polar surface area (TPSA) is 102 Å². The molecule has 3 heterocycles. The predicted molar refractivity (Wildman–Crippen MR) is 136 cm³/mol. The fourth-order valence-corrected chi connectivity index (χ4v) is 4.66. The van der Waals surface area contributed by atoms with Gasteiger partial charge in [-0.15, -0.1) is 11.3 Å². The van der Waals surface area contributed by atoms with Crippen LogP contribution in [0.5, 0.6) is 0 Å². The molecule has 0 aliphatic heterocycles. The summed E-state index contributed by atoms with van der Waals surface area (Å²) in [6, 6.07) is 9.82. The number of fused-ring (bicyclic) bond motifs is 1. The Morgan fingerprint density at radius 1 is 1.06 bits per heavy atom. The van der Waals surface area contributed by atoms with Crippen molar-refractivity contribution in [1.29, 1.82) is 0 Å². The van der Waals surface area contributed by atoms with Gasteiger partial charge in [0.25, 0.3) is 5.56 Å². The number of pyridine rings is 1. The van der Waals surface area contributed by atoms with Gasteiger partial charge in [-0.1, -0.05) is 12.1 Å². The van der Waals surface area contributed by atoms with Crippen LogP contribution in [0.15, 0.2) is 51.5 Å². The van der Waals surface area contributed by atoms with Gasteiger partial charge >= 0.3 is 5.69 Å². The van der Waals surface area contributed by atoms with E-state index in [4.69, 9.17) is 0 Å². The largest absolute Gasteiger partial charge is 0.372 e. The number of hydrogen-bond acceptors (Lipinski definition) is 7. The summed E-state index contributed by atoms with van der Waals surface area (Å²) < 4.78 is 2.32. The van der Waals surface area contributed by atoms with E-state index in [1.807, 2.05) is 17.5 Å². The van der Waals surface area contributed by atoms with Crippen molar-refractivity contribution in [3.8, 4) is 11.3 Å². The molecular formula is C24H26N6O3S. The molecule has 3 aromatic heterocycles. The molecule has 0 unspecified atom stereocenters. The van der Waals surface area contributed by atoms with Crippen LogP contribution >= 0.6 is 11.3 Å². The van der Waals surface area contributed by atoms with E-state index in [-0.39, 0.29) is 23.4 Å². The van der Waals surface area contributed by atoms with Gasteiger partial charge in [0.05, 0.1) is 17.5 Å². The van der Waals surface area contributed by atoms with Gasteiger partial charge in [0, 0.05) is 50.0 Å². The summed E-state index contributed by atoms with van der Waals surface area (Å²) in [5.41, 5.74) is 2.73. The highest BCUT2D eigenvalue weighted by molar-refractivity contribution is 7.14. The van der Waals surface area contributed by atoms with Gasteiger partial charge in [0.15, 0.2) is 5.13 Å². The van der Waals surface area contributed by atoms with Crippen molar-refractivity contribution >= 4 is 39.1 Å². The highest BCUT2D eigenvalue weighted by Gasteiger charge is 2.16. The first-order valence-electron chi connectivity index (χ1n) is 11.0. The SMILES string of the molecule is CCN(CC)c1ccc(-c2csc(NC(=O)Cc3ccnc4c3c(=O)n(C)c(=O)n4C)n2)cc1. The molecule has 0 aliphatic carbocycles. The van der Waals surface area contributed by atoms with Crippen molar-refractivity contribution in [2.24, 2.45) is 14.1 Å². The summed E-state index contributed by atoms with van der Waals surface area (Å²) in [5.74, 6) is -0.304. The average Bonchev–Trinajstić information content (AvgIpc) is 3.30. The molecule has 4 aromatic rings. The van der Waals surface area contributed by atoms with Crippen molar-refractivity contribution in [3.05, 3.63) is 68.3 Å². The quantitative estimate of drug-likeness (QED) is 0.438. The summed E-state index contributed by atoms with van der Waals surface area (Å²) in [4.78, 5) is 48.6. The van der Waals surface area contributed by atoms with Crippen molar-refractivity contribution in [2.75, 3.05) is 23.3 Å². The van der Waals surface area contributed by atoms with E-state index in [1.54, 1.807) is 13.1 Å². The van der Waals surface area contributed by atoms with Crippen molar-refractivity contribution < 1.29 is 4.79 Å². The minimum absolute atomic E-state index is 0.0417. The van der Waals surface area contributed by atoms with Crippen LogP contribution < -0.4 is 21.5 Å². The number of thiazole rings is 1. The zero-order chi connectivity index (χ0) is 24.4. The normalized spacial score (nSPS) is 11.1. The van der Waals surface area contributed by atoms with Crippen LogP contribution in [0.4, 0.5) is 10.8 Å². The molecule has 9 nitrogen and oxygen atoms in total. The lowest BCUT2D eigenvalue weighted by molar-refractivity contribution is -0.115. The fourth-order valence-electron chi connectivity index (χ4n) is 3.93. The van der Waals surface area contributed by atoms with Gasteiger partial charge in [-0.05, 0) is 37.6 Å². The second-order valence-corrected chi connectivity index (χ2v) is 8.71. The first-order valence-corrected chi connectivity index (χ1v) is 11.9. The Labute approximate surface area is 200 Å². The van der Waals surface area contributed by atoms with Crippen LogP contribution in [0.25, 0.3) is 22.3 Å². The van der Waals surface area contributed by atoms with Crippen LogP contribution in [-0.2, 0) is 25.3 Å². The van der Waals surface area contributed by atoms with Gasteiger partial charge in [-0.2, -0.15) is 0 Å². The third-order valence-corrected chi connectivity index (χ3v) is 6.58. The first-order chi connectivity index (χ1) is 16.3. The molecule has 1 aromatic carbocycles. The molecule has 0 aliphatic rings. The van der Waals surface area contributed by atoms with E-state index >= 15 is 0 Å². The molecule has 4 rings (SSSR count). The second kappa shape index (κ2) is 9.60. The highest BCUT2D eigenvalue weighted by Crippen LogP contribution is 2.27. The van der Waals surface area contributed by atoms with E-state index in [1.165, 1.54) is 29.1 Å². The average molecular weight is 479 g/mol. The van der Waals surface area contributed by atoms with Crippen molar-refractivity contribution in [3.63, 3.8) is 0 Å². The number of nitrogens with zero attached hydrogens (tertiary/aromatic N) is 5. The van der Waals surface area contributed by atoms with Gasteiger partial charge in [0.1, 0.15) is 5.65 Å². The third kappa shape index (κ3) is 4.36. The maximum atomic E-state index is 12.8. The molecular weight excluding hydrogens is 452 g/mol. The highest BCUT2D eigenvalue weighted by atomic mass is 32.1. The number of amides is 1. The summed E-state index contributed by atoms with van der Waals surface area (Å²) in [5, 5.41) is 5.45. The van der Waals surface area contributed by atoms with E-state index in [0.29, 0.717) is 10.7 Å². The number of rotatable bonds is 7. The number of carbonyl (C=O) groups excluding carboxylic acids is 1. The molecule has 0 saturated heterocycles. The number of aryl methyl sites for hydroxylation is 1. The summed E-state index contributed by atoms with van der Waals surface area (Å²) in [7, 11) is 2.96. The molecule has 1 amide bonds. The molecule has 0 atom stereocenters.